The number of unbranched alkanes of at least 4 members (excludes halogenated alkanes) is 1. The zero-order chi connectivity index (χ0) is 29.8. The molecule has 12 heteroatoms. The molecule has 5 rings (SSSR count). The Labute approximate surface area is 266 Å². The highest BCUT2D eigenvalue weighted by atomic mass is 35.5. The predicted molar refractivity (Wildman–Crippen MR) is 169 cm³/mol. The van der Waals surface area contributed by atoms with E-state index in [0.717, 1.165) is 29.7 Å². The first-order valence-electron chi connectivity index (χ1n) is 13.0. The quantitative estimate of drug-likeness (QED) is 0.0455. The number of ether oxygens (including phenoxy) is 1. The fraction of sp³-hybridized carbons (Fsp3) is 0.200. The van der Waals surface area contributed by atoms with Crippen molar-refractivity contribution in [2.45, 2.75) is 35.9 Å². The molecule has 3 aromatic carbocycles. The molecule has 1 fully saturated rings. The lowest BCUT2D eigenvalue weighted by Gasteiger charge is -2.23. The average Bonchev–Trinajstić information content (AvgIpc) is 3.56. The normalized spacial score (nSPS) is 16.3. The molecule has 216 valence electrons. The standard InChI is InChI=1S/C30H24Cl3N3O4S2/c1-2-3-14-40-20-11-8-17(9-12-20)26(37)24-25(18-10-13-22(32)23(33)15-18)36(28(39)27(24)38)29-34-35-30(42-29)41-16-19-6-4-5-7-21(19)31/h4-13,15,25,37H,2-3,14,16H2,1H3/b26-24-. The van der Waals surface area contributed by atoms with Gasteiger partial charge in [-0.1, -0.05) is 95.5 Å². The highest BCUT2D eigenvalue weighted by Crippen LogP contribution is 2.45. The molecule has 1 aliphatic rings. The van der Waals surface area contributed by atoms with Crippen LogP contribution in [0.15, 0.2) is 76.6 Å². The van der Waals surface area contributed by atoms with Crippen molar-refractivity contribution in [3.63, 3.8) is 0 Å². The minimum atomic E-state index is -1.02. The number of nitrogens with zero attached hydrogens (tertiary/aromatic N) is 3. The van der Waals surface area contributed by atoms with Gasteiger partial charge in [0.25, 0.3) is 5.78 Å². The van der Waals surface area contributed by atoms with Gasteiger partial charge in [-0.15, -0.1) is 10.2 Å². The summed E-state index contributed by atoms with van der Waals surface area (Å²) in [5.74, 6) is -0.845. The SMILES string of the molecule is CCCCOc1ccc(/C(O)=C2/C(=O)C(=O)N(c3nnc(SCc4ccccc4Cl)s3)C2c2ccc(Cl)c(Cl)c2)cc1. The maximum absolute atomic E-state index is 13.5. The molecule has 0 spiro atoms. The van der Waals surface area contributed by atoms with E-state index in [2.05, 4.69) is 17.1 Å². The summed E-state index contributed by atoms with van der Waals surface area (Å²) >= 11 is 21.4. The van der Waals surface area contributed by atoms with Gasteiger partial charge in [-0.25, -0.2) is 0 Å². The summed E-state index contributed by atoms with van der Waals surface area (Å²) in [6.45, 7) is 2.65. The van der Waals surface area contributed by atoms with Crippen molar-refractivity contribution < 1.29 is 19.4 Å². The Morgan fingerprint density at radius 3 is 2.48 bits per heavy atom. The van der Waals surface area contributed by atoms with E-state index in [1.807, 2.05) is 24.3 Å². The van der Waals surface area contributed by atoms with Crippen molar-refractivity contribution in [2.75, 3.05) is 11.5 Å². The zero-order valence-corrected chi connectivity index (χ0v) is 26.1. The number of rotatable bonds is 10. The van der Waals surface area contributed by atoms with E-state index < -0.39 is 17.7 Å². The zero-order valence-electron chi connectivity index (χ0n) is 22.2. The van der Waals surface area contributed by atoms with Crippen LogP contribution in [0.5, 0.6) is 5.75 Å². The van der Waals surface area contributed by atoms with Gasteiger partial charge in [0.1, 0.15) is 11.5 Å². The first-order chi connectivity index (χ1) is 20.3. The summed E-state index contributed by atoms with van der Waals surface area (Å²) in [6.07, 6.45) is 1.92. The van der Waals surface area contributed by atoms with Crippen LogP contribution in [0.25, 0.3) is 5.76 Å². The number of halogens is 3. The molecule has 0 saturated carbocycles. The number of anilines is 1. The molecule has 0 radical (unpaired) electrons. The Kier molecular flexibility index (Phi) is 9.75. The molecule has 1 aliphatic heterocycles. The molecule has 1 N–H and O–H groups in total. The molecule has 2 heterocycles. The predicted octanol–water partition coefficient (Wildman–Crippen LogP) is 8.60. The second-order valence-corrected chi connectivity index (χ2v) is 12.7. The maximum Gasteiger partial charge on any atom is 0.301 e. The van der Waals surface area contributed by atoms with Crippen molar-refractivity contribution in [1.82, 2.24) is 10.2 Å². The lowest BCUT2D eigenvalue weighted by Crippen LogP contribution is -2.29. The minimum absolute atomic E-state index is 0.0986. The lowest BCUT2D eigenvalue weighted by molar-refractivity contribution is -0.132. The van der Waals surface area contributed by atoms with Gasteiger partial charge in [0.2, 0.25) is 5.13 Å². The number of amides is 1. The molecule has 42 heavy (non-hydrogen) atoms. The molecule has 7 nitrogen and oxygen atoms in total. The molecule has 1 aromatic heterocycles. The number of benzene rings is 3. The number of thioether (sulfide) groups is 1. The Bertz CT molecular complexity index is 1660. The van der Waals surface area contributed by atoms with E-state index in [9.17, 15) is 14.7 Å². The highest BCUT2D eigenvalue weighted by Gasteiger charge is 2.48. The van der Waals surface area contributed by atoms with E-state index >= 15 is 0 Å². The summed E-state index contributed by atoms with van der Waals surface area (Å²) in [4.78, 5) is 28.2. The van der Waals surface area contributed by atoms with Crippen LogP contribution < -0.4 is 9.64 Å². The summed E-state index contributed by atoms with van der Waals surface area (Å²) in [5, 5.41) is 21.3. The van der Waals surface area contributed by atoms with Crippen LogP contribution in [0, 0.1) is 0 Å². The van der Waals surface area contributed by atoms with Crippen molar-refractivity contribution in [3.05, 3.63) is 104 Å². The fourth-order valence-electron chi connectivity index (χ4n) is 4.34. The van der Waals surface area contributed by atoms with Gasteiger partial charge in [0.05, 0.1) is 28.3 Å². The number of hydrogen-bond donors (Lipinski definition) is 1. The topological polar surface area (TPSA) is 92.6 Å². The fourth-order valence-corrected chi connectivity index (χ4v) is 6.80. The van der Waals surface area contributed by atoms with E-state index in [1.54, 1.807) is 42.5 Å². The number of Topliss-reactive ketones (excluding diaryl/α,β-unsaturated/α-hetero) is 1. The molecule has 1 atom stereocenters. The minimum Gasteiger partial charge on any atom is -0.507 e. The van der Waals surface area contributed by atoms with Crippen molar-refractivity contribution in [2.24, 2.45) is 0 Å². The summed E-state index contributed by atoms with van der Waals surface area (Å²) < 4.78 is 6.30. The first kappa shape index (κ1) is 30.4. The van der Waals surface area contributed by atoms with Crippen LogP contribution in [0.1, 0.15) is 42.5 Å². The van der Waals surface area contributed by atoms with Gasteiger partial charge in [-0.3, -0.25) is 14.5 Å². The van der Waals surface area contributed by atoms with Crippen LogP contribution >= 0.6 is 57.9 Å². The Hall–Kier alpha value is -3.08. The molecule has 0 bridgehead atoms. The van der Waals surface area contributed by atoms with Gasteiger partial charge >= 0.3 is 5.91 Å². The Morgan fingerprint density at radius 1 is 1.00 bits per heavy atom. The van der Waals surface area contributed by atoms with Gasteiger partial charge < -0.3 is 9.84 Å². The maximum atomic E-state index is 13.5. The van der Waals surface area contributed by atoms with E-state index in [1.165, 1.54) is 16.7 Å². The first-order valence-corrected chi connectivity index (χ1v) is 15.9. The molecule has 1 unspecified atom stereocenters. The van der Waals surface area contributed by atoms with Gasteiger partial charge in [0.15, 0.2) is 4.34 Å². The van der Waals surface area contributed by atoms with E-state index in [-0.39, 0.29) is 21.5 Å². The molecule has 0 aliphatic carbocycles. The number of aromatic nitrogens is 2. The second kappa shape index (κ2) is 13.5. The van der Waals surface area contributed by atoms with Crippen LogP contribution in [0.2, 0.25) is 15.1 Å². The number of carbonyl (C=O) groups is 2. The third-order valence-corrected chi connectivity index (χ3v) is 9.72. The van der Waals surface area contributed by atoms with Crippen LogP contribution in [0.4, 0.5) is 5.13 Å². The summed E-state index contributed by atoms with van der Waals surface area (Å²) in [7, 11) is 0. The van der Waals surface area contributed by atoms with Gasteiger partial charge in [-0.05, 0) is 60.0 Å². The number of aliphatic hydroxyl groups excluding tert-OH is 1. The summed E-state index contributed by atoms with van der Waals surface area (Å²) in [5.41, 5.74) is 1.66. The van der Waals surface area contributed by atoms with Gasteiger partial charge in [-0.2, -0.15) is 0 Å². The monoisotopic (exact) mass is 659 g/mol. The number of aliphatic hydroxyl groups is 1. The molecule has 4 aromatic rings. The van der Waals surface area contributed by atoms with Crippen molar-refractivity contribution in [1.29, 1.82) is 0 Å². The van der Waals surface area contributed by atoms with Crippen molar-refractivity contribution >= 4 is 80.5 Å². The Balaban J connectivity index is 1.51. The number of carbonyl (C=O) groups excluding carboxylic acids is 2. The van der Waals surface area contributed by atoms with Gasteiger partial charge in [0, 0.05) is 16.3 Å². The molecular weight excluding hydrogens is 637 g/mol. The lowest BCUT2D eigenvalue weighted by atomic mass is 9.95. The van der Waals surface area contributed by atoms with Crippen molar-refractivity contribution in [3.8, 4) is 5.75 Å². The Morgan fingerprint density at radius 2 is 1.76 bits per heavy atom. The highest BCUT2D eigenvalue weighted by molar-refractivity contribution is 8.00. The third kappa shape index (κ3) is 6.45. The summed E-state index contributed by atoms with van der Waals surface area (Å²) in [6, 6.07) is 18.0. The third-order valence-electron chi connectivity index (χ3n) is 6.51. The van der Waals surface area contributed by atoms with E-state index in [4.69, 9.17) is 39.5 Å². The second-order valence-electron chi connectivity index (χ2n) is 9.30. The largest absolute Gasteiger partial charge is 0.507 e. The molecule has 1 saturated heterocycles. The van der Waals surface area contributed by atoms with E-state index in [0.29, 0.717) is 43.6 Å². The molecule has 1 amide bonds. The molecular formula is C30H24Cl3N3O4S2. The average molecular weight is 661 g/mol. The van der Waals surface area contributed by atoms with Crippen LogP contribution in [-0.4, -0.2) is 33.6 Å². The number of ketones is 1. The number of hydrogen-bond acceptors (Lipinski definition) is 8. The smallest absolute Gasteiger partial charge is 0.301 e. The van der Waals surface area contributed by atoms with Crippen LogP contribution in [0.3, 0.4) is 0 Å². The van der Waals surface area contributed by atoms with Crippen LogP contribution in [-0.2, 0) is 15.3 Å².